The fourth-order valence-corrected chi connectivity index (χ4v) is 2.09. The maximum absolute atomic E-state index is 9.95. The number of hydrogen-bond acceptors (Lipinski definition) is 2. The molecule has 2 heteroatoms. The van der Waals surface area contributed by atoms with Crippen LogP contribution in [0.15, 0.2) is 48.5 Å². The van der Waals surface area contributed by atoms with Gasteiger partial charge in [-0.15, -0.1) is 0 Å². The quantitative estimate of drug-likeness (QED) is 0.862. The molecule has 2 aromatic rings. The fraction of sp³-hybridized carbons (Fsp3) is 0.200. The average Bonchev–Trinajstić information content (AvgIpc) is 3.18. The molecule has 0 amide bonds. The summed E-state index contributed by atoms with van der Waals surface area (Å²) in [6, 6.07) is 19.0. The number of aromatic hydroxyl groups is 1. The van der Waals surface area contributed by atoms with Crippen LogP contribution in [0.5, 0.6) is 5.75 Å². The topological polar surface area (TPSA) is 23.5 Å². The van der Waals surface area contributed by atoms with Crippen LogP contribution in [0.3, 0.4) is 0 Å². The van der Waals surface area contributed by atoms with Gasteiger partial charge in [-0.2, -0.15) is 0 Å². The van der Waals surface area contributed by atoms with Crippen molar-refractivity contribution in [2.24, 2.45) is 0 Å². The fourth-order valence-electron chi connectivity index (χ4n) is 2.09. The first-order valence-corrected chi connectivity index (χ1v) is 5.89. The van der Waals surface area contributed by atoms with Crippen LogP contribution in [0, 0.1) is 6.07 Å². The standard InChI is InChI=1S/C15H14NO/c17-15-9-5-4-8-14(15)16(13-10-11-13)12-6-2-1-3-7-12/h1-4,6-9,13,17H,10-11H2. The zero-order valence-corrected chi connectivity index (χ0v) is 9.50. The van der Waals surface area contributed by atoms with Gasteiger partial charge < -0.3 is 10.0 Å². The molecule has 3 rings (SSSR count). The molecule has 0 unspecified atom stereocenters. The molecular weight excluding hydrogens is 210 g/mol. The van der Waals surface area contributed by atoms with Crippen molar-refractivity contribution in [3.63, 3.8) is 0 Å². The number of phenolic OH excluding ortho intramolecular Hbond substituents is 1. The van der Waals surface area contributed by atoms with Crippen molar-refractivity contribution < 1.29 is 5.11 Å². The average molecular weight is 224 g/mol. The molecule has 1 N–H and O–H groups in total. The van der Waals surface area contributed by atoms with E-state index in [0.717, 1.165) is 11.4 Å². The normalized spacial score (nSPS) is 14.6. The van der Waals surface area contributed by atoms with Crippen LogP contribution in [-0.2, 0) is 0 Å². The molecule has 2 aromatic carbocycles. The van der Waals surface area contributed by atoms with Crippen molar-refractivity contribution in [1.29, 1.82) is 0 Å². The molecule has 1 aliphatic carbocycles. The Bertz CT molecular complexity index is 505. The van der Waals surface area contributed by atoms with Crippen molar-refractivity contribution in [1.82, 2.24) is 0 Å². The molecule has 17 heavy (non-hydrogen) atoms. The molecule has 0 aromatic heterocycles. The van der Waals surface area contributed by atoms with Crippen LogP contribution in [0.2, 0.25) is 0 Å². The van der Waals surface area contributed by atoms with Crippen molar-refractivity contribution in [2.45, 2.75) is 18.9 Å². The first-order valence-electron chi connectivity index (χ1n) is 5.89. The summed E-state index contributed by atoms with van der Waals surface area (Å²) in [7, 11) is 0. The summed E-state index contributed by atoms with van der Waals surface area (Å²) in [4.78, 5) is 2.21. The lowest BCUT2D eigenvalue weighted by Gasteiger charge is -2.25. The second-order valence-electron chi connectivity index (χ2n) is 4.35. The molecule has 2 nitrogen and oxygen atoms in total. The molecule has 0 heterocycles. The molecule has 1 radical (unpaired) electrons. The Hall–Kier alpha value is -1.96. The van der Waals surface area contributed by atoms with Gasteiger partial charge in [0, 0.05) is 11.7 Å². The summed E-state index contributed by atoms with van der Waals surface area (Å²) in [5, 5.41) is 9.95. The molecule has 1 fully saturated rings. The minimum Gasteiger partial charge on any atom is -0.506 e. The smallest absolute Gasteiger partial charge is 0.139 e. The highest BCUT2D eigenvalue weighted by atomic mass is 16.3. The van der Waals surface area contributed by atoms with Crippen LogP contribution in [-0.4, -0.2) is 11.1 Å². The van der Waals surface area contributed by atoms with E-state index in [9.17, 15) is 5.11 Å². The number of phenols is 1. The molecule has 1 saturated carbocycles. The van der Waals surface area contributed by atoms with E-state index in [1.807, 2.05) is 30.3 Å². The second kappa shape index (κ2) is 4.13. The van der Waals surface area contributed by atoms with Gasteiger partial charge in [-0.1, -0.05) is 24.3 Å². The Balaban J connectivity index is 2.04. The highest BCUT2D eigenvalue weighted by Gasteiger charge is 2.31. The van der Waals surface area contributed by atoms with Gasteiger partial charge in [0.25, 0.3) is 0 Å². The van der Waals surface area contributed by atoms with Crippen molar-refractivity contribution in [3.05, 3.63) is 54.6 Å². The molecule has 0 bridgehead atoms. The molecule has 0 aliphatic heterocycles. The van der Waals surface area contributed by atoms with Gasteiger partial charge in [0.15, 0.2) is 0 Å². The van der Waals surface area contributed by atoms with Gasteiger partial charge in [-0.05, 0) is 43.2 Å². The van der Waals surface area contributed by atoms with E-state index in [1.54, 1.807) is 6.07 Å². The van der Waals surface area contributed by atoms with Crippen molar-refractivity contribution >= 4 is 11.4 Å². The van der Waals surface area contributed by atoms with Gasteiger partial charge in [0.2, 0.25) is 0 Å². The molecular formula is C15H14NO. The van der Waals surface area contributed by atoms with Crippen molar-refractivity contribution in [3.8, 4) is 5.75 Å². The van der Waals surface area contributed by atoms with E-state index in [4.69, 9.17) is 0 Å². The third-order valence-electron chi connectivity index (χ3n) is 3.03. The molecule has 0 atom stereocenters. The Labute approximate surface area is 101 Å². The van der Waals surface area contributed by atoms with Gasteiger partial charge in [0.05, 0.1) is 5.69 Å². The van der Waals surface area contributed by atoms with Gasteiger partial charge >= 0.3 is 0 Å². The largest absolute Gasteiger partial charge is 0.506 e. The first kappa shape index (κ1) is 10.2. The van der Waals surface area contributed by atoms with Gasteiger partial charge in [0.1, 0.15) is 5.75 Å². The van der Waals surface area contributed by atoms with Crippen LogP contribution < -0.4 is 4.90 Å². The SMILES string of the molecule is Oc1c[c]ccc1N(c1ccccc1)C1CC1. The van der Waals surface area contributed by atoms with E-state index in [2.05, 4.69) is 23.1 Å². The Morgan fingerprint density at radius 1 is 1.12 bits per heavy atom. The molecule has 85 valence electrons. The van der Waals surface area contributed by atoms with E-state index in [1.165, 1.54) is 12.8 Å². The lowest BCUT2D eigenvalue weighted by Crippen LogP contribution is -2.19. The van der Waals surface area contributed by atoms with Gasteiger partial charge in [-0.25, -0.2) is 0 Å². The zero-order valence-electron chi connectivity index (χ0n) is 9.50. The minimum atomic E-state index is 0.295. The predicted octanol–water partition coefficient (Wildman–Crippen LogP) is 3.49. The molecule has 0 spiro atoms. The highest BCUT2D eigenvalue weighted by Crippen LogP contribution is 2.41. The Kier molecular flexibility index (Phi) is 2.48. The van der Waals surface area contributed by atoms with Crippen LogP contribution in [0.4, 0.5) is 11.4 Å². The maximum atomic E-state index is 9.95. The van der Waals surface area contributed by atoms with Crippen LogP contribution in [0.1, 0.15) is 12.8 Å². The van der Waals surface area contributed by atoms with E-state index in [-0.39, 0.29) is 0 Å². The number of benzene rings is 2. The lowest BCUT2D eigenvalue weighted by molar-refractivity contribution is 0.475. The van der Waals surface area contributed by atoms with Crippen molar-refractivity contribution in [2.75, 3.05) is 4.90 Å². The molecule has 1 aliphatic rings. The Morgan fingerprint density at radius 2 is 1.88 bits per heavy atom. The summed E-state index contributed by atoms with van der Waals surface area (Å²) in [5.41, 5.74) is 2.01. The lowest BCUT2D eigenvalue weighted by atomic mass is 10.2. The summed E-state index contributed by atoms with van der Waals surface area (Å²) < 4.78 is 0. The van der Waals surface area contributed by atoms with E-state index < -0.39 is 0 Å². The summed E-state index contributed by atoms with van der Waals surface area (Å²) in [6.07, 6.45) is 2.37. The number of hydrogen-bond donors (Lipinski definition) is 1. The maximum Gasteiger partial charge on any atom is 0.139 e. The van der Waals surface area contributed by atoms with Crippen LogP contribution >= 0.6 is 0 Å². The summed E-state index contributed by atoms with van der Waals surface area (Å²) in [6.45, 7) is 0. The summed E-state index contributed by atoms with van der Waals surface area (Å²) >= 11 is 0. The predicted molar refractivity (Wildman–Crippen MR) is 68.5 cm³/mol. The number of nitrogens with zero attached hydrogens (tertiary/aromatic N) is 1. The minimum absolute atomic E-state index is 0.295. The third kappa shape index (κ3) is 1.98. The van der Waals surface area contributed by atoms with Crippen LogP contribution in [0.25, 0.3) is 0 Å². The highest BCUT2D eigenvalue weighted by molar-refractivity contribution is 5.70. The van der Waals surface area contributed by atoms with Gasteiger partial charge in [-0.3, -0.25) is 0 Å². The number of anilines is 2. The zero-order chi connectivity index (χ0) is 11.7. The summed E-state index contributed by atoms with van der Waals surface area (Å²) in [5.74, 6) is 0.295. The Morgan fingerprint density at radius 3 is 2.53 bits per heavy atom. The third-order valence-corrected chi connectivity index (χ3v) is 3.03. The number of para-hydroxylation sites is 1. The molecule has 0 saturated heterocycles. The number of rotatable bonds is 3. The van der Waals surface area contributed by atoms with E-state index >= 15 is 0 Å². The second-order valence-corrected chi connectivity index (χ2v) is 4.35. The van der Waals surface area contributed by atoms with E-state index in [0.29, 0.717) is 11.8 Å². The first-order chi connectivity index (χ1) is 8.36. The monoisotopic (exact) mass is 224 g/mol.